The zero-order chi connectivity index (χ0) is 27.2. The van der Waals surface area contributed by atoms with E-state index in [1.807, 2.05) is 0 Å². The summed E-state index contributed by atoms with van der Waals surface area (Å²) in [5, 5.41) is 5.23. The van der Waals surface area contributed by atoms with Crippen molar-refractivity contribution in [2.75, 3.05) is 10.6 Å². The van der Waals surface area contributed by atoms with Gasteiger partial charge in [-0.3, -0.25) is 9.59 Å². The molecule has 2 N–H and O–H groups in total. The number of halogens is 6. The first kappa shape index (κ1) is 26.2. The van der Waals surface area contributed by atoms with Crippen molar-refractivity contribution in [2.45, 2.75) is 19.0 Å². The molecule has 0 radical (unpaired) electrons. The SMILES string of the molecule is O=C(Nc1cc(Oc2ccc3nc(NC(=O)C4CC4)sc3n2)c(I)cc1F)c1cccc(C(F)(F)F)c1F. The van der Waals surface area contributed by atoms with Gasteiger partial charge in [0.05, 0.1) is 20.4 Å². The van der Waals surface area contributed by atoms with Gasteiger partial charge in [0.25, 0.3) is 5.91 Å². The van der Waals surface area contributed by atoms with E-state index in [0.29, 0.717) is 25.1 Å². The van der Waals surface area contributed by atoms with Gasteiger partial charge < -0.3 is 15.4 Å². The predicted molar refractivity (Wildman–Crippen MR) is 137 cm³/mol. The molecule has 7 nitrogen and oxygen atoms in total. The van der Waals surface area contributed by atoms with Crippen molar-refractivity contribution < 1.29 is 36.3 Å². The van der Waals surface area contributed by atoms with Crippen molar-refractivity contribution in [1.82, 2.24) is 9.97 Å². The molecule has 0 atom stereocenters. The summed E-state index contributed by atoms with van der Waals surface area (Å²) in [5.41, 5.74) is -2.43. The summed E-state index contributed by atoms with van der Waals surface area (Å²) in [6, 6.07) is 7.51. The zero-order valence-corrected chi connectivity index (χ0v) is 21.8. The molecule has 2 aromatic heterocycles. The molecule has 1 aliphatic rings. The number of thiazole rings is 1. The number of nitrogens with zero attached hydrogens (tertiary/aromatic N) is 2. The van der Waals surface area contributed by atoms with E-state index in [4.69, 9.17) is 4.74 Å². The number of hydrogen-bond donors (Lipinski definition) is 2. The molecule has 0 aliphatic heterocycles. The van der Waals surface area contributed by atoms with Crippen molar-refractivity contribution in [3.05, 3.63) is 68.8 Å². The fraction of sp³-hybridized carbons (Fsp3) is 0.167. The Morgan fingerprint density at radius 2 is 1.82 bits per heavy atom. The van der Waals surface area contributed by atoms with Gasteiger partial charge in [0.1, 0.15) is 27.7 Å². The van der Waals surface area contributed by atoms with Gasteiger partial charge in [0, 0.05) is 18.1 Å². The summed E-state index contributed by atoms with van der Waals surface area (Å²) in [6.07, 6.45) is -3.31. The molecule has 0 bridgehead atoms. The number of carbonyl (C=O) groups is 2. The van der Waals surface area contributed by atoms with Crippen LogP contribution in [0.15, 0.2) is 42.5 Å². The fourth-order valence-corrected chi connectivity index (χ4v) is 4.77. The maximum absolute atomic E-state index is 14.6. The first-order valence-corrected chi connectivity index (χ1v) is 12.8. The highest BCUT2D eigenvalue weighted by Crippen LogP contribution is 2.36. The second-order valence-electron chi connectivity index (χ2n) is 8.24. The van der Waals surface area contributed by atoms with Gasteiger partial charge in [-0.25, -0.2) is 18.7 Å². The first-order chi connectivity index (χ1) is 18.0. The lowest BCUT2D eigenvalue weighted by Crippen LogP contribution is -2.18. The second kappa shape index (κ2) is 10.1. The number of benzene rings is 2. The van der Waals surface area contributed by atoms with Crippen LogP contribution in [-0.2, 0) is 11.0 Å². The van der Waals surface area contributed by atoms with E-state index in [1.54, 1.807) is 28.7 Å². The maximum Gasteiger partial charge on any atom is 0.419 e. The van der Waals surface area contributed by atoms with E-state index in [9.17, 15) is 31.5 Å². The molecule has 196 valence electrons. The van der Waals surface area contributed by atoms with Gasteiger partial charge in [-0.05, 0) is 59.7 Å². The average Bonchev–Trinajstić information content (AvgIpc) is 3.62. The van der Waals surface area contributed by atoms with Gasteiger partial charge >= 0.3 is 6.18 Å². The molecule has 2 aromatic carbocycles. The van der Waals surface area contributed by atoms with E-state index < -0.39 is 40.5 Å². The minimum Gasteiger partial charge on any atom is -0.438 e. The van der Waals surface area contributed by atoms with E-state index in [1.165, 1.54) is 6.07 Å². The Kier molecular flexibility index (Phi) is 6.94. The highest BCUT2D eigenvalue weighted by Gasteiger charge is 2.36. The van der Waals surface area contributed by atoms with E-state index in [0.717, 1.165) is 48.4 Å². The van der Waals surface area contributed by atoms with Crippen molar-refractivity contribution in [3.63, 3.8) is 0 Å². The fourth-order valence-electron chi connectivity index (χ4n) is 3.40. The first-order valence-electron chi connectivity index (χ1n) is 10.9. The van der Waals surface area contributed by atoms with Gasteiger partial charge in [0.15, 0.2) is 5.13 Å². The largest absolute Gasteiger partial charge is 0.438 e. The third-order valence-electron chi connectivity index (χ3n) is 5.44. The molecule has 4 aromatic rings. The third-order valence-corrected chi connectivity index (χ3v) is 7.16. The van der Waals surface area contributed by atoms with E-state index in [-0.39, 0.29) is 23.5 Å². The zero-order valence-electron chi connectivity index (χ0n) is 18.8. The lowest BCUT2D eigenvalue weighted by Gasteiger charge is -2.13. The number of pyridine rings is 1. The molecule has 14 heteroatoms. The number of ether oxygens (including phenoxy) is 1. The Bertz CT molecular complexity index is 1590. The molecule has 5 rings (SSSR count). The van der Waals surface area contributed by atoms with E-state index >= 15 is 0 Å². The molecular weight excluding hydrogens is 646 g/mol. The average molecular weight is 660 g/mol. The molecular formula is C24H14F5IN4O3S. The number of rotatable bonds is 6. The summed E-state index contributed by atoms with van der Waals surface area (Å²) >= 11 is 2.94. The molecule has 1 saturated carbocycles. The molecule has 2 amide bonds. The predicted octanol–water partition coefficient (Wildman–Crippen LogP) is 6.99. The summed E-state index contributed by atoms with van der Waals surface area (Å²) < 4.78 is 74.0. The summed E-state index contributed by atoms with van der Waals surface area (Å²) in [4.78, 5) is 33.6. The van der Waals surface area contributed by atoms with Crippen molar-refractivity contribution in [1.29, 1.82) is 0 Å². The number of hydrogen-bond acceptors (Lipinski definition) is 6. The molecule has 0 unspecified atom stereocenters. The minimum absolute atomic E-state index is 0.00850. The van der Waals surface area contributed by atoms with Crippen molar-refractivity contribution in [3.8, 4) is 11.6 Å². The molecule has 2 heterocycles. The number of nitrogens with one attached hydrogen (secondary N) is 2. The van der Waals surface area contributed by atoms with Crippen LogP contribution in [0.3, 0.4) is 0 Å². The summed E-state index contributed by atoms with van der Waals surface area (Å²) in [6.45, 7) is 0. The van der Waals surface area contributed by atoms with Crippen LogP contribution in [0, 0.1) is 21.1 Å². The quantitative estimate of drug-likeness (QED) is 0.172. The Balaban J connectivity index is 1.37. The normalized spacial score (nSPS) is 13.4. The Morgan fingerprint density at radius 3 is 2.53 bits per heavy atom. The van der Waals surface area contributed by atoms with Crippen molar-refractivity contribution >= 4 is 66.9 Å². The molecule has 38 heavy (non-hydrogen) atoms. The highest BCUT2D eigenvalue weighted by atomic mass is 127. The standard InChI is InChI=1S/C24H14F5IN4O3S/c25-13-8-14(30)17(9-16(13)31-21(36)11-2-1-3-12(19(11)26)24(27,28)29)37-18-7-6-15-22(33-18)38-23(32-15)34-20(35)10-4-5-10/h1-3,6-10H,4-5H2,(H,31,36)(H,32,34,35). The highest BCUT2D eigenvalue weighted by molar-refractivity contribution is 14.1. The molecule has 0 spiro atoms. The minimum atomic E-state index is -5.01. The number of fused-ring (bicyclic) bond motifs is 1. The van der Waals surface area contributed by atoms with Crippen LogP contribution in [0.5, 0.6) is 11.6 Å². The number of aromatic nitrogens is 2. The number of carbonyl (C=O) groups excluding carboxylic acids is 2. The van der Waals surface area contributed by atoms with Crippen LogP contribution < -0.4 is 15.4 Å². The lowest BCUT2D eigenvalue weighted by atomic mass is 10.1. The number of anilines is 2. The molecule has 1 aliphatic carbocycles. The van der Waals surface area contributed by atoms with Gasteiger partial charge in [-0.1, -0.05) is 17.4 Å². The van der Waals surface area contributed by atoms with Crippen molar-refractivity contribution in [2.24, 2.45) is 5.92 Å². The van der Waals surface area contributed by atoms with Crippen LogP contribution in [0.1, 0.15) is 28.8 Å². The van der Waals surface area contributed by atoms with E-state index in [2.05, 4.69) is 20.6 Å². The monoisotopic (exact) mass is 660 g/mol. The summed E-state index contributed by atoms with van der Waals surface area (Å²) in [7, 11) is 0. The maximum atomic E-state index is 14.6. The second-order valence-corrected chi connectivity index (χ2v) is 10.4. The smallest absolute Gasteiger partial charge is 0.419 e. The van der Waals surface area contributed by atoms with Gasteiger partial charge in [0.2, 0.25) is 11.8 Å². The van der Waals surface area contributed by atoms with Gasteiger partial charge in [-0.15, -0.1) is 0 Å². The van der Waals surface area contributed by atoms with Crippen LogP contribution in [0.4, 0.5) is 32.8 Å². The lowest BCUT2D eigenvalue weighted by molar-refractivity contribution is -0.140. The third kappa shape index (κ3) is 5.55. The van der Waals surface area contributed by atoms with Crippen LogP contribution in [-0.4, -0.2) is 21.8 Å². The number of alkyl halides is 3. The summed E-state index contributed by atoms with van der Waals surface area (Å²) in [5.74, 6) is -3.86. The molecule has 0 saturated heterocycles. The van der Waals surface area contributed by atoms with Crippen LogP contribution >= 0.6 is 33.9 Å². The van der Waals surface area contributed by atoms with Gasteiger partial charge in [-0.2, -0.15) is 13.2 Å². The van der Waals surface area contributed by atoms with Crippen LogP contribution in [0.25, 0.3) is 10.3 Å². The Hall–Kier alpha value is -3.40. The Labute approximate surface area is 228 Å². The van der Waals surface area contributed by atoms with Crippen LogP contribution in [0.2, 0.25) is 0 Å². The molecule has 1 fully saturated rings. The topological polar surface area (TPSA) is 93.2 Å². The Morgan fingerprint density at radius 1 is 1.05 bits per heavy atom. The number of amides is 2.